The van der Waals surface area contributed by atoms with Crippen molar-refractivity contribution in [3.8, 4) is 11.8 Å². The van der Waals surface area contributed by atoms with E-state index >= 15 is 0 Å². The summed E-state index contributed by atoms with van der Waals surface area (Å²) in [5.41, 5.74) is 2.89. The number of rotatable bonds is 0. The highest BCUT2D eigenvalue weighted by Gasteiger charge is 2.14. The minimum atomic E-state index is 0.0979. The Balaban J connectivity index is 3.69. The van der Waals surface area contributed by atoms with E-state index in [9.17, 15) is 5.11 Å². The van der Waals surface area contributed by atoms with Crippen LogP contribution in [0.4, 0.5) is 0 Å². The van der Waals surface area contributed by atoms with E-state index in [4.69, 9.17) is 5.26 Å². The molecule has 0 saturated heterocycles. The molecule has 0 aliphatic rings. The van der Waals surface area contributed by atoms with Crippen LogP contribution in [0.2, 0.25) is 0 Å². The van der Waals surface area contributed by atoms with Gasteiger partial charge in [0, 0.05) is 4.47 Å². The second-order valence-electron chi connectivity index (χ2n) is 3.02. The lowest BCUT2D eigenvalue weighted by atomic mass is 10.00. The van der Waals surface area contributed by atoms with E-state index in [2.05, 4.69) is 15.9 Å². The largest absolute Gasteiger partial charge is 0.506 e. The molecule has 68 valence electrons. The third-order valence-electron chi connectivity index (χ3n) is 2.30. The summed E-state index contributed by atoms with van der Waals surface area (Å²) in [6.45, 7) is 5.53. The molecule has 3 heteroatoms. The van der Waals surface area contributed by atoms with Gasteiger partial charge in [-0.15, -0.1) is 0 Å². The molecule has 0 spiro atoms. The van der Waals surface area contributed by atoms with Gasteiger partial charge in [0.25, 0.3) is 0 Å². The molecule has 0 fully saturated rings. The lowest BCUT2D eigenvalue weighted by Gasteiger charge is -2.11. The Morgan fingerprint density at radius 2 is 1.69 bits per heavy atom. The average molecular weight is 240 g/mol. The minimum absolute atomic E-state index is 0.0979. The molecular weight excluding hydrogens is 230 g/mol. The first-order valence-corrected chi connectivity index (χ1v) is 4.68. The van der Waals surface area contributed by atoms with Crippen LogP contribution in [0.1, 0.15) is 22.3 Å². The summed E-state index contributed by atoms with van der Waals surface area (Å²) in [5.74, 6) is 0.0979. The third kappa shape index (κ3) is 1.42. The van der Waals surface area contributed by atoms with Gasteiger partial charge in [0.05, 0.1) is 5.56 Å². The monoisotopic (exact) mass is 239 g/mol. The molecule has 13 heavy (non-hydrogen) atoms. The molecule has 1 aromatic carbocycles. The molecule has 0 amide bonds. The van der Waals surface area contributed by atoms with E-state index in [1.165, 1.54) is 0 Å². The number of phenolic OH excluding ortho intramolecular Hbond substituents is 1. The van der Waals surface area contributed by atoms with Crippen molar-refractivity contribution in [1.29, 1.82) is 5.26 Å². The van der Waals surface area contributed by atoms with Crippen LogP contribution in [0.3, 0.4) is 0 Å². The van der Waals surface area contributed by atoms with Gasteiger partial charge in [-0.05, 0) is 37.5 Å². The molecule has 2 nitrogen and oxygen atoms in total. The highest BCUT2D eigenvalue weighted by Crippen LogP contribution is 2.34. The normalized spacial score (nSPS) is 9.77. The number of halogens is 1. The Kier molecular flexibility index (Phi) is 2.63. The van der Waals surface area contributed by atoms with E-state index < -0.39 is 0 Å². The second kappa shape index (κ2) is 3.39. The highest BCUT2D eigenvalue weighted by atomic mass is 79.9. The van der Waals surface area contributed by atoms with Crippen molar-refractivity contribution in [2.75, 3.05) is 0 Å². The fourth-order valence-electron chi connectivity index (χ4n) is 1.24. The summed E-state index contributed by atoms with van der Waals surface area (Å²) in [6, 6.07) is 1.99. The van der Waals surface area contributed by atoms with E-state index in [-0.39, 0.29) is 5.75 Å². The van der Waals surface area contributed by atoms with Crippen molar-refractivity contribution in [1.82, 2.24) is 0 Å². The number of nitriles is 1. The van der Waals surface area contributed by atoms with Gasteiger partial charge in [-0.2, -0.15) is 5.26 Å². The zero-order valence-corrected chi connectivity index (χ0v) is 9.36. The molecule has 0 aromatic heterocycles. The number of hydrogen-bond donors (Lipinski definition) is 1. The molecule has 1 N–H and O–H groups in total. The van der Waals surface area contributed by atoms with Crippen LogP contribution in [0, 0.1) is 32.1 Å². The Hall–Kier alpha value is -1.01. The predicted octanol–water partition coefficient (Wildman–Crippen LogP) is 2.95. The van der Waals surface area contributed by atoms with Crippen molar-refractivity contribution in [2.45, 2.75) is 20.8 Å². The number of benzene rings is 1. The number of hydrogen-bond acceptors (Lipinski definition) is 2. The average Bonchev–Trinajstić information content (AvgIpc) is 2.13. The first-order chi connectivity index (χ1) is 6.00. The molecule has 0 unspecified atom stereocenters. The van der Waals surface area contributed by atoms with Crippen molar-refractivity contribution in [3.63, 3.8) is 0 Å². The molecule has 0 saturated carbocycles. The fraction of sp³-hybridized carbons (Fsp3) is 0.300. The van der Waals surface area contributed by atoms with Gasteiger partial charge in [-0.1, -0.05) is 15.9 Å². The van der Waals surface area contributed by atoms with Gasteiger partial charge in [0.1, 0.15) is 11.8 Å². The van der Waals surface area contributed by atoms with Gasteiger partial charge < -0.3 is 5.11 Å². The van der Waals surface area contributed by atoms with Crippen LogP contribution in [0.15, 0.2) is 4.47 Å². The highest BCUT2D eigenvalue weighted by molar-refractivity contribution is 9.10. The first-order valence-electron chi connectivity index (χ1n) is 3.89. The number of phenols is 1. The molecule has 0 radical (unpaired) electrons. The fourth-order valence-corrected chi connectivity index (χ4v) is 1.73. The van der Waals surface area contributed by atoms with Crippen molar-refractivity contribution in [3.05, 3.63) is 26.7 Å². The summed E-state index contributed by atoms with van der Waals surface area (Å²) >= 11 is 3.39. The van der Waals surface area contributed by atoms with Crippen LogP contribution >= 0.6 is 15.9 Å². The van der Waals surface area contributed by atoms with Gasteiger partial charge in [-0.25, -0.2) is 0 Å². The Morgan fingerprint density at radius 3 is 2.15 bits per heavy atom. The molecule has 0 aliphatic carbocycles. The Bertz CT molecular complexity index is 375. The molecular formula is C10H10BrNO. The molecule has 0 heterocycles. The van der Waals surface area contributed by atoms with E-state index in [1.54, 1.807) is 6.92 Å². The van der Waals surface area contributed by atoms with Crippen molar-refractivity contribution < 1.29 is 5.11 Å². The maximum Gasteiger partial charge on any atom is 0.136 e. The van der Waals surface area contributed by atoms with Crippen molar-refractivity contribution >= 4 is 15.9 Å². The molecule has 0 bridgehead atoms. The summed E-state index contributed by atoms with van der Waals surface area (Å²) in [5, 5.41) is 18.4. The summed E-state index contributed by atoms with van der Waals surface area (Å²) < 4.78 is 0.902. The maximum atomic E-state index is 9.64. The topological polar surface area (TPSA) is 44.0 Å². The van der Waals surface area contributed by atoms with E-state index in [1.807, 2.05) is 19.9 Å². The van der Waals surface area contributed by atoms with Crippen LogP contribution in [-0.4, -0.2) is 5.11 Å². The number of nitrogens with zero attached hydrogens (tertiary/aromatic N) is 1. The maximum absolute atomic E-state index is 9.64. The third-order valence-corrected chi connectivity index (χ3v) is 3.49. The zero-order chi connectivity index (χ0) is 10.2. The lowest BCUT2D eigenvalue weighted by molar-refractivity contribution is 0.468. The van der Waals surface area contributed by atoms with E-state index in [0.717, 1.165) is 21.2 Å². The SMILES string of the molecule is Cc1c(C)c(Br)c(C)c(C#N)c1O. The van der Waals surface area contributed by atoms with Crippen LogP contribution < -0.4 is 0 Å². The summed E-state index contributed by atoms with van der Waals surface area (Å²) in [4.78, 5) is 0. The second-order valence-corrected chi connectivity index (χ2v) is 3.82. The summed E-state index contributed by atoms with van der Waals surface area (Å²) in [7, 11) is 0. The smallest absolute Gasteiger partial charge is 0.136 e. The van der Waals surface area contributed by atoms with Crippen molar-refractivity contribution in [2.24, 2.45) is 0 Å². The Labute approximate surface area is 85.9 Å². The van der Waals surface area contributed by atoms with Gasteiger partial charge in [0.2, 0.25) is 0 Å². The van der Waals surface area contributed by atoms with Gasteiger partial charge >= 0.3 is 0 Å². The van der Waals surface area contributed by atoms with Crippen LogP contribution in [0.5, 0.6) is 5.75 Å². The molecule has 1 aromatic rings. The Morgan fingerprint density at radius 1 is 1.15 bits per heavy atom. The van der Waals surface area contributed by atoms with Gasteiger partial charge in [0.15, 0.2) is 0 Å². The van der Waals surface area contributed by atoms with Gasteiger partial charge in [-0.3, -0.25) is 0 Å². The zero-order valence-electron chi connectivity index (χ0n) is 7.77. The quantitative estimate of drug-likeness (QED) is 0.757. The van der Waals surface area contributed by atoms with Crippen LogP contribution in [0.25, 0.3) is 0 Å². The first kappa shape index (κ1) is 10.1. The minimum Gasteiger partial charge on any atom is -0.506 e. The summed E-state index contributed by atoms with van der Waals surface area (Å²) in [6.07, 6.45) is 0. The number of aromatic hydroxyl groups is 1. The molecule has 0 atom stereocenters. The molecule has 0 aliphatic heterocycles. The predicted molar refractivity (Wildman–Crippen MR) is 54.7 cm³/mol. The van der Waals surface area contributed by atoms with E-state index in [0.29, 0.717) is 5.56 Å². The molecule has 1 rings (SSSR count). The van der Waals surface area contributed by atoms with Crippen LogP contribution in [-0.2, 0) is 0 Å². The lowest BCUT2D eigenvalue weighted by Crippen LogP contribution is -1.93. The standard InChI is InChI=1S/C10H10BrNO/c1-5-6(2)10(13)8(4-12)7(3)9(5)11/h13H,1-3H3.